The minimum atomic E-state index is -3.65. The van der Waals surface area contributed by atoms with Gasteiger partial charge in [0.15, 0.2) is 9.84 Å². The number of nitrogens with zero attached hydrogens (tertiary/aromatic N) is 1. The van der Waals surface area contributed by atoms with Gasteiger partial charge in [0.25, 0.3) is 5.91 Å². The molecule has 11 heteroatoms. The Bertz CT molecular complexity index is 1160. The molecule has 2 amide bonds. The fraction of sp³-hybridized carbons (Fsp3) is 0.440. The monoisotopic (exact) mass is 533 g/mol. The number of rotatable bonds is 11. The summed E-state index contributed by atoms with van der Waals surface area (Å²) in [5.41, 5.74) is 2.68. The molecule has 0 saturated carbocycles. The third-order valence-corrected chi connectivity index (χ3v) is 7.85. The molecule has 1 aliphatic carbocycles. The van der Waals surface area contributed by atoms with Crippen LogP contribution in [0.15, 0.2) is 53.0 Å². The maximum Gasteiger partial charge on any atom is 0.328 e. The van der Waals surface area contributed by atoms with Gasteiger partial charge in [0, 0.05) is 12.0 Å². The van der Waals surface area contributed by atoms with Crippen LogP contribution in [-0.4, -0.2) is 68.8 Å². The van der Waals surface area contributed by atoms with Crippen molar-refractivity contribution in [2.45, 2.75) is 37.9 Å². The van der Waals surface area contributed by atoms with Gasteiger partial charge in [-0.25, -0.2) is 13.2 Å². The molecule has 1 fully saturated rings. The van der Waals surface area contributed by atoms with Crippen molar-refractivity contribution in [1.29, 1.82) is 0 Å². The Balaban J connectivity index is 1.79. The van der Waals surface area contributed by atoms with E-state index < -0.39 is 33.9 Å². The number of ether oxygens (including phenoxy) is 1. The van der Waals surface area contributed by atoms with Crippen molar-refractivity contribution in [3.63, 3.8) is 0 Å². The van der Waals surface area contributed by atoms with Crippen LogP contribution < -0.4 is 10.6 Å². The molecule has 36 heavy (non-hydrogen) atoms. The number of nitrogens with one attached hydrogen (secondary N) is 2. The highest BCUT2D eigenvalue weighted by atomic mass is 32.2. The van der Waals surface area contributed by atoms with Gasteiger partial charge < -0.3 is 15.4 Å². The Labute approximate surface area is 215 Å². The number of benzene rings is 1. The van der Waals surface area contributed by atoms with E-state index in [1.165, 1.54) is 7.11 Å². The van der Waals surface area contributed by atoms with E-state index in [0.717, 1.165) is 11.1 Å². The predicted molar refractivity (Wildman–Crippen MR) is 141 cm³/mol. The number of esters is 1. The van der Waals surface area contributed by atoms with Crippen molar-refractivity contribution >= 4 is 50.5 Å². The summed E-state index contributed by atoms with van der Waals surface area (Å²) < 4.78 is 30.3. The fourth-order valence-electron chi connectivity index (χ4n) is 4.05. The molecule has 9 nitrogen and oxygen atoms in total. The highest BCUT2D eigenvalue weighted by molar-refractivity contribution is 8.04. The summed E-state index contributed by atoms with van der Waals surface area (Å²) in [5.74, 6) is -0.957. The van der Waals surface area contributed by atoms with Crippen molar-refractivity contribution in [2.75, 3.05) is 24.9 Å². The van der Waals surface area contributed by atoms with E-state index in [1.54, 1.807) is 23.9 Å². The summed E-state index contributed by atoms with van der Waals surface area (Å²) in [7, 11) is -2.37. The summed E-state index contributed by atoms with van der Waals surface area (Å²) in [6.45, 7) is 0. The van der Waals surface area contributed by atoms with Gasteiger partial charge in [-0.1, -0.05) is 42.5 Å². The molecule has 1 saturated heterocycles. The van der Waals surface area contributed by atoms with Crippen LogP contribution in [0.25, 0.3) is 5.57 Å². The first-order chi connectivity index (χ1) is 17.2. The van der Waals surface area contributed by atoms with Gasteiger partial charge in [0.2, 0.25) is 5.91 Å². The largest absolute Gasteiger partial charge is 0.467 e. The van der Waals surface area contributed by atoms with Crippen LogP contribution in [0.5, 0.6) is 0 Å². The third-order valence-electron chi connectivity index (χ3n) is 5.87. The fourth-order valence-corrected chi connectivity index (χ4v) is 5.77. The number of hydrogen-bond donors (Lipinski definition) is 2. The van der Waals surface area contributed by atoms with Crippen molar-refractivity contribution in [3.05, 3.63) is 53.6 Å². The van der Waals surface area contributed by atoms with Crippen molar-refractivity contribution < 1.29 is 27.5 Å². The lowest BCUT2D eigenvalue weighted by molar-refractivity contribution is -0.144. The molecule has 1 heterocycles. The van der Waals surface area contributed by atoms with E-state index >= 15 is 0 Å². The summed E-state index contributed by atoms with van der Waals surface area (Å²) >= 11 is 1.56. The molecule has 0 bridgehead atoms. The molecule has 194 valence electrons. The zero-order valence-corrected chi connectivity index (χ0v) is 21.9. The van der Waals surface area contributed by atoms with Crippen LogP contribution in [0.4, 0.5) is 0 Å². The number of allylic oxidation sites excluding steroid dienone is 2. The maximum absolute atomic E-state index is 13.2. The second kappa shape index (κ2) is 12.9. The van der Waals surface area contributed by atoms with E-state index in [2.05, 4.69) is 15.6 Å². The van der Waals surface area contributed by atoms with Gasteiger partial charge in [0.05, 0.1) is 12.9 Å². The third kappa shape index (κ3) is 7.79. The molecule has 3 rings (SSSR count). The lowest BCUT2D eigenvalue weighted by Crippen LogP contribution is -2.43. The Morgan fingerprint density at radius 1 is 1.31 bits per heavy atom. The highest BCUT2D eigenvalue weighted by Gasteiger charge is 2.28. The number of hydrogen-bond acceptors (Lipinski definition) is 8. The summed E-state index contributed by atoms with van der Waals surface area (Å²) in [6.07, 6.45) is 6.47. The number of aliphatic imine (C=N–C) groups is 1. The number of amides is 2. The summed E-state index contributed by atoms with van der Waals surface area (Å²) in [5, 5.41) is 5.40. The average molecular weight is 534 g/mol. The molecule has 1 aromatic rings. The van der Waals surface area contributed by atoms with Crippen molar-refractivity contribution in [2.24, 2.45) is 10.9 Å². The normalized spacial score (nSPS) is 20.9. The molecule has 1 unspecified atom stereocenters. The number of thioether (sulfide) groups is 1. The predicted octanol–water partition coefficient (Wildman–Crippen LogP) is 2.11. The molecule has 3 atom stereocenters. The lowest BCUT2D eigenvalue weighted by Gasteiger charge is -2.23. The second-order valence-electron chi connectivity index (χ2n) is 8.60. The SMILES string of the molecule is COC(=O)[C@H](CCSC)NC(=O)C1=CCC(CS(=O)(=O)C=N[C@H]2CCC(=O)N2)C=C1c1ccccc1. The van der Waals surface area contributed by atoms with Gasteiger partial charge in [-0.2, -0.15) is 11.8 Å². The van der Waals surface area contributed by atoms with E-state index in [9.17, 15) is 22.8 Å². The minimum absolute atomic E-state index is 0.143. The van der Waals surface area contributed by atoms with Gasteiger partial charge in [-0.3, -0.25) is 14.6 Å². The van der Waals surface area contributed by atoms with Crippen LogP contribution in [0.2, 0.25) is 0 Å². The van der Waals surface area contributed by atoms with Gasteiger partial charge in [-0.15, -0.1) is 0 Å². The van der Waals surface area contributed by atoms with Crippen LogP contribution in [0, 0.1) is 5.92 Å². The van der Waals surface area contributed by atoms with Crippen molar-refractivity contribution in [3.8, 4) is 0 Å². The lowest BCUT2D eigenvalue weighted by atomic mass is 9.87. The molecule has 0 aromatic heterocycles. The summed E-state index contributed by atoms with van der Waals surface area (Å²) in [4.78, 5) is 40.8. The highest BCUT2D eigenvalue weighted by Crippen LogP contribution is 2.32. The topological polar surface area (TPSA) is 131 Å². The number of carbonyl (C=O) groups excluding carboxylic acids is 3. The quantitative estimate of drug-likeness (QED) is 0.253. The first-order valence-electron chi connectivity index (χ1n) is 11.6. The first-order valence-corrected chi connectivity index (χ1v) is 14.7. The van der Waals surface area contributed by atoms with E-state index in [0.29, 0.717) is 42.6 Å². The Kier molecular flexibility index (Phi) is 9.89. The Morgan fingerprint density at radius 2 is 2.06 bits per heavy atom. The van der Waals surface area contributed by atoms with Crippen LogP contribution >= 0.6 is 11.8 Å². The zero-order chi connectivity index (χ0) is 26.1. The standard InChI is InChI=1S/C25H31N3O6S2/c1-34-25(31)21(12-13-35-2)27-24(30)19-9-8-17(14-20(19)18-6-4-3-5-7-18)15-36(32,33)16-26-22-10-11-23(29)28-22/h3-7,9,14,16-17,21-22H,8,10-13,15H2,1-2H3,(H,27,30)(H,28,29)/t17?,21-,22+/m0/s1. The molecule has 0 radical (unpaired) electrons. The van der Waals surface area contributed by atoms with Crippen LogP contribution in [0.1, 0.15) is 31.2 Å². The molecular formula is C25H31N3O6S2. The maximum atomic E-state index is 13.2. The van der Waals surface area contributed by atoms with E-state index in [4.69, 9.17) is 4.74 Å². The molecular weight excluding hydrogens is 502 g/mol. The molecule has 2 aliphatic rings. The minimum Gasteiger partial charge on any atom is -0.467 e. The zero-order valence-electron chi connectivity index (χ0n) is 20.3. The van der Waals surface area contributed by atoms with E-state index in [-0.39, 0.29) is 17.6 Å². The van der Waals surface area contributed by atoms with Gasteiger partial charge in [-0.05, 0) is 48.3 Å². The van der Waals surface area contributed by atoms with Gasteiger partial charge >= 0.3 is 5.97 Å². The van der Waals surface area contributed by atoms with Crippen molar-refractivity contribution in [1.82, 2.24) is 10.6 Å². The van der Waals surface area contributed by atoms with Crippen LogP contribution in [-0.2, 0) is 29.0 Å². The molecule has 2 N–H and O–H groups in total. The first kappa shape index (κ1) is 27.7. The summed E-state index contributed by atoms with van der Waals surface area (Å²) in [6, 6.07) is 8.44. The number of sulfone groups is 1. The molecule has 1 aliphatic heterocycles. The van der Waals surface area contributed by atoms with E-state index in [1.807, 2.05) is 36.6 Å². The Morgan fingerprint density at radius 3 is 2.69 bits per heavy atom. The molecule has 1 aromatic carbocycles. The number of methoxy groups -OCH3 is 1. The average Bonchev–Trinajstić information content (AvgIpc) is 3.30. The number of carbonyl (C=O) groups is 3. The van der Waals surface area contributed by atoms with Gasteiger partial charge in [0.1, 0.15) is 17.8 Å². The Hall–Kier alpha value is -2.92. The second-order valence-corrected chi connectivity index (χ2v) is 11.5. The smallest absolute Gasteiger partial charge is 0.328 e. The van der Waals surface area contributed by atoms with Crippen LogP contribution in [0.3, 0.4) is 0 Å². The molecule has 0 spiro atoms.